The zero-order valence-electron chi connectivity index (χ0n) is 11.6. The van der Waals surface area contributed by atoms with Crippen LogP contribution in [0.15, 0.2) is 0 Å². The van der Waals surface area contributed by atoms with Crippen molar-refractivity contribution in [1.82, 2.24) is 0 Å². The molecule has 1 atom stereocenters. The van der Waals surface area contributed by atoms with Crippen molar-refractivity contribution in [1.29, 1.82) is 0 Å². The summed E-state index contributed by atoms with van der Waals surface area (Å²) in [6.07, 6.45) is 11.0. The van der Waals surface area contributed by atoms with Crippen molar-refractivity contribution in [3.05, 3.63) is 0 Å². The fraction of sp³-hybridized carbons (Fsp3) is 1.00. The van der Waals surface area contributed by atoms with Gasteiger partial charge in [-0.3, -0.25) is 0 Å². The van der Waals surface area contributed by atoms with Gasteiger partial charge in [0.05, 0.1) is 13.2 Å². The highest BCUT2D eigenvalue weighted by atomic mass is 35.5. The molecule has 2 N–H and O–H groups in total. The number of hydrogen-bond donors (Lipinski definition) is 1. The minimum Gasteiger partial charge on any atom is -1.00 e. The third kappa shape index (κ3) is 8.01. The van der Waals surface area contributed by atoms with Gasteiger partial charge >= 0.3 is 0 Å². The van der Waals surface area contributed by atoms with E-state index in [2.05, 4.69) is 19.2 Å². The lowest BCUT2D eigenvalue weighted by Crippen LogP contribution is -3.00. The van der Waals surface area contributed by atoms with Crippen LogP contribution < -0.4 is 17.7 Å². The molecule has 0 saturated carbocycles. The van der Waals surface area contributed by atoms with Crippen LogP contribution in [0, 0.1) is 0 Å². The van der Waals surface area contributed by atoms with Gasteiger partial charge in [0, 0.05) is 0 Å². The summed E-state index contributed by atoms with van der Waals surface area (Å²) in [7, 11) is 0. The van der Waals surface area contributed by atoms with Gasteiger partial charge in [0.15, 0.2) is 0 Å². The summed E-state index contributed by atoms with van der Waals surface area (Å²) < 4.78 is 5.88. The van der Waals surface area contributed by atoms with Crippen molar-refractivity contribution >= 4 is 0 Å². The third-order valence-electron chi connectivity index (χ3n) is 3.66. The fourth-order valence-electron chi connectivity index (χ4n) is 2.49. The Morgan fingerprint density at radius 2 is 1.71 bits per heavy atom. The van der Waals surface area contributed by atoms with Crippen LogP contribution in [0.4, 0.5) is 0 Å². The molecule has 0 aromatic carbocycles. The van der Waals surface area contributed by atoms with Crippen LogP contribution in [-0.2, 0) is 4.74 Å². The van der Waals surface area contributed by atoms with Gasteiger partial charge in [0.1, 0.15) is 12.1 Å². The Bertz CT molecular complexity index is 170. The number of hydrogen-bond acceptors (Lipinski definition) is 1. The molecule has 2 nitrogen and oxygen atoms in total. The Balaban J connectivity index is 0.00000256. The lowest BCUT2D eigenvalue weighted by atomic mass is 9.96. The van der Waals surface area contributed by atoms with E-state index in [1.54, 1.807) is 0 Å². The molecule has 1 heterocycles. The summed E-state index contributed by atoms with van der Waals surface area (Å²) in [4.78, 5) is 0. The number of morpholine rings is 1. The molecule has 0 amide bonds. The molecule has 0 aromatic heterocycles. The molecule has 1 saturated heterocycles. The standard InChI is InChI=1S/C14H29NO.ClH/c1-3-4-5-6-7-8-9-10-14(2)13-15-11-12-16-14;/h15H,3-13H2,1-2H3;1H. The maximum absolute atomic E-state index is 5.88. The average molecular weight is 264 g/mol. The maximum atomic E-state index is 5.88. The molecule has 0 aliphatic carbocycles. The normalized spacial score (nSPS) is 24.4. The SMILES string of the molecule is CCCCCCCCCC1(C)C[NH2+]CCO1.[Cl-]. The Morgan fingerprint density at radius 1 is 1.06 bits per heavy atom. The summed E-state index contributed by atoms with van der Waals surface area (Å²) in [5.41, 5.74) is 0.168. The van der Waals surface area contributed by atoms with Gasteiger partial charge in [-0.15, -0.1) is 0 Å². The van der Waals surface area contributed by atoms with Gasteiger partial charge in [-0.1, -0.05) is 51.9 Å². The Morgan fingerprint density at radius 3 is 2.29 bits per heavy atom. The molecule has 1 aliphatic rings. The van der Waals surface area contributed by atoms with E-state index < -0.39 is 0 Å². The molecule has 1 aliphatic heterocycles. The topological polar surface area (TPSA) is 25.8 Å². The van der Waals surface area contributed by atoms with Crippen LogP contribution in [0.2, 0.25) is 0 Å². The molecule has 0 aromatic rings. The summed E-state index contributed by atoms with van der Waals surface area (Å²) in [5.74, 6) is 0. The summed E-state index contributed by atoms with van der Waals surface area (Å²) in [6, 6.07) is 0. The van der Waals surface area contributed by atoms with Crippen LogP contribution in [-0.4, -0.2) is 25.3 Å². The van der Waals surface area contributed by atoms with Crippen molar-refractivity contribution in [2.75, 3.05) is 19.7 Å². The summed E-state index contributed by atoms with van der Waals surface area (Å²) in [6.45, 7) is 7.79. The second-order valence-corrected chi connectivity index (χ2v) is 5.45. The molecular formula is C14H30ClNO. The molecule has 0 spiro atoms. The highest BCUT2D eigenvalue weighted by Crippen LogP contribution is 2.19. The van der Waals surface area contributed by atoms with E-state index in [1.165, 1.54) is 51.4 Å². The highest BCUT2D eigenvalue weighted by molar-refractivity contribution is 4.75. The van der Waals surface area contributed by atoms with E-state index >= 15 is 0 Å². The third-order valence-corrected chi connectivity index (χ3v) is 3.66. The van der Waals surface area contributed by atoms with E-state index in [-0.39, 0.29) is 18.0 Å². The number of nitrogens with two attached hydrogens (primary N) is 1. The van der Waals surface area contributed by atoms with E-state index in [9.17, 15) is 0 Å². The van der Waals surface area contributed by atoms with Gasteiger partial charge in [-0.2, -0.15) is 0 Å². The predicted octanol–water partition coefficient (Wildman–Crippen LogP) is -0.517. The molecule has 17 heavy (non-hydrogen) atoms. The van der Waals surface area contributed by atoms with Crippen LogP contribution in [0.5, 0.6) is 0 Å². The lowest BCUT2D eigenvalue weighted by Gasteiger charge is -2.31. The summed E-state index contributed by atoms with van der Waals surface area (Å²) >= 11 is 0. The minimum atomic E-state index is 0. The lowest BCUT2D eigenvalue weighted by molar-refractivity contribution is -0.685. The van der Waals surface area contributed by atoms with Crippen LogP contribution in [0.1, 0.15) is 65.2 Å². The summed E-state index contributed by atoms with van der Waals surface area (Å²) in [5, 5.41) is 2.39. The fourth-order valence-corrected chi connectivity index (χ4v) is 2.49. The van der Waals surface area contributed by atoms with Crippen molar-refractivity contribution in [3.63, 3.8) is 0 Å². The number of quaternary nitrogens is 1. The molecular weight excluding hydrogens is 234 g/mol. The van der Waals surface area contributed by atoms with Crippen molar-refractivity contribution < 1.29 is 22.5 Å². The number of rotatable bonds is 8. The molecule has 3 heteroatoms. The van der Waals surface area contributed by atoms with Gasteiger partial charge in [-0.25, -0.2) is 0 Å². The molecule has 0 bridgehead atoms. The number of halogens is 1. The monoisotopic (exact) mass is 263 g/mol. The van der Waals surface area contributed by atoms with Crippen molar-refractivity contribution in [3.8, 4) is 0 Å². The second kappa shape index (κ2) is 10.2. The first-order chi connectivity index (χ1) is 7.77. The maximum Gasteiger partial charge on any atom is 0.114 e. The van der Waals surface area contributed by atoms with E-state index in [0.717, 1.165) is 19.7 Å². The quantitative estimate of drug-likeness (QED) is 0.587. The van der Waals surface area contributed by atoms with Gasteiger partial charge in [0.2, 0.25) is 0 Å². The Hall–Kier alpha value is 0.210. The molecule has 1 fully saturated rings. The molecule has 0 radical (unpaired) electrons. The zero-order chi connectivity index (χ0) is 11.7. The predicted molar refractivity (Wildman–Crippen MR) is 68.6 cm³/mol. The van der Waals surface area contributed by atoms with Crippen LogP contribution >= 0.6 is 0 Å². The van der Waals surface area contributed by atoms with Crippen LogP contribution in [0.3, 0.4) is 0 Å². The highest BCUT2D eigenvalue weighted by Gasteiger charge is 2.29. The number of ether oxygens (including phenoxy) is 1. The Labute approximate surface area is 113 Å². The first kappa shape index (κ1) is 17.2. The number of unbranched alkanes of at least 4 members (excludes halogenated alkanes) is 6. The first-order valence-corrected chi connectivity index (χ1v) is 7.22. The molecule has 1 unspecified atom stereocenters. The Kier molecular flexibility index (Phi) is 10.3. The van der Waals surface area contributed by atoms with E-state index in [0.29, 0.717) is 0 Å². The minimum absolute atomic E-state index is 0. The van der Waals surface area contributed by atoms with E-state index in [1.807, 2.05) is 0 Å². The van der Waals surface area contributed by atoms with Crippen molar-refractivity contribution in [2.45, 2.75) is 70.8 Å². The molecule has 1 rings (SSSR count). The molecule has 104 valence electrons. The smallest absolute Gasteiger partial charge is 0.114 e. The zero-order valence-corrected chi connectivity index (χ0v) is 12.4. The van der Waals surface area contributed by atoms with Gasteiger partial charge < -0.3 is 22.5 Å². The average Bonchev–Trinajstić information content (AvgIpc) is 2.29. The first-order valence-electron chi connectivity index (χ1n) is 7.22. The largest absolute Gasteiger partial charge is 1.00 e. The van der Waals surface area contributed by atoms with E-state index in [4.69, 9.17) is 4.74 Å². The van der Waals surface area contributed by atoms with Gasteiger partial charge in [-0.05, 0) is 13.3 Å². The van der Waals surface area contributed by atoms with Gasteiger partial charge in [0.25, 0.3) is 0 Å². The van der Waals surface area contributed by atoms with Crippen LogP contribution in [0.25, 0.3) is 0 Å². The van der Waals surface area contributed by atoms with Crippen molar-refractivity contribution in [2.24, 2.45) is 0 Å². The second-order valence-electron chi connectivity index (χ2n) is 5.45.